The third kappa shape index (κ3) is 540. The minimum Gasteiger partial charge on any atom is -0.323 e. The van der Waals surface area contributed by atoms with Crippen LogP contribution >= 0.6 is 0 Å². The molecule has 0 aliphatic heterocycles. The summed E-state index contributed by atoms with van der Waals surface area (Å²) in [6, 6.07) is 0. The molecule has 0 saturated carbocycles. The Morgan fingerprint density at radius 3 is 1.00 bits per heavy atom. The number of nitrogens with one attached hydrogen (secondary N) is 1. The van der Waals surface area contributed by atoms with E-state index in [1.807, 2.05) is 14.1 Å². The molecule has 0 aromatic heterocycles. The van der Waals surface area contributed by atoms with Crippen LogP contribution < -0.4 is 5.32 Å². The summed E-state index contributed by atoms with van der Waals surface area (Å²) in [5, 5.41) is 2.75. The first-order valence-corrected chi connectivity index (χ1v) is 6.20. The van der Waals surface area contributed by atoms with Gasteiger partial charge in [-0.1, -0.05) is 0 Å². The lowest BCUT2D eigenvalue weighted by Crippen LogP contribution is -1.89. The molecule has 1 N–H and O–H groups in total. The summed E-state index contributed by atoms with van der Waals surface area (Å²) in [4.78, 5) is 0. The first-order chi connectivity index (χ1) is 3.15. The molecule has 0 radical (unpaired) electrons. The lowest BCUT2D eigenvalue weighted by molar-refractivity contribution is 1.02. The maximum atomic E-state index is 2.75. The average Bonchev–Trinajstić information content (AvgIpc) is 1.33. The molecule has 0 saturated heterocycles. The fraction of sp³-hybridized carbons (Fsp3) is 1.00. The summed E-state index contributed by atoms with van der Waals surface area (Å²) in [6.45, 7) is 0. The molecule has 1 nitrogen and oxygen atoms in total. The molecule has 0 spiro atoms. The summed E-state index contributed by atoms with van der Waals surface area (Å²) >= 11 is -0.139. The minimum atomic E-state index is -0.139. The van der Waals surface area contributed by atoms with Crippen molar-refractivity contribution in [1.82, 2.24) is 5.32 Å². The second-order valence-corrected chi connectivity index (χ2v) is 5.70. The lowest BCUT2D eigenvalue weighted by Gasteiger charge is -1.67. The first kappa shape index (κ1) is 10.5. The standard InChI is InChI=1S/C2H7N.3CH3.Al/c1-3-2;;;;/h3H,1-2H3;3*1H3;. The summed E-state index contributed by atoms with van der Waals surface area (Å²) < 4.78 is 0. The highest BCUT2D eigenvalue weighted by molar-refractivity contribution is 6.54. The van der Waals surface area contributed by atoms with Crippen molar-refractivity contribution >= 4 is 14.1 Å². The SMILES string of the molecule is CNC.[CH3][Al]([CH3])[CH3]. The van der Waals surface area contributed by atoms with E-state index in [0.717, 1.165) is 0 Å². The molecule has 0 fully saturated rings. The molecule has 0 aliphatic carbocycles. The van der Waals surface area contributed by atoms with Crippen LogP contribution in [0.1, 0.15) is 0 Å². The molecular weight excluding hydrogens is 101 g/mol. The van der Waals surface area contributed by atoms with Gasteiger partial charge in [0.15, 0.2) is 0 Å². The summed E-state index contributed by atoms with van der Waals surface area (Å²) in [7, 11) is 3.75. The molecule has 0 atom stereocenters. The Labute approximate surface area is 51.5 Å². The molecular formula is C5H16AlN. The predicted octanol–water partition coefficient (Wildman–Crippen LogP) is 1.21. The zero-order valence-corrected chi connectivity index (χ0v) is 7.23. The third-order valence-electron chi connectivity index (χ3n) is 0. The molecule has 2 heteroatoms. The maximum absolute atomic E-state index is 2.75. The lowest BCUT2D eigenvalue weighted by atomic mass is 11.3. The van der Waals surface area contributed by atoms with Gasteiger partial charge in [-0.15, -0.1) is 17.4 Å². The topological polar surface area (TPSA) is 12.0 Å². The van der Waals surface area contributed by atoms with Crippen LogP contribution in [0.4, 0.5) is 0 Å². The number of rotatable bonds is 0. The first-order valence-electron chi connectivity index (χ1n) is 2.73. The molecule has 7 heavy (non-hydrogen) atoms. The highest BCUT2D eigenvalue weighted by Gasteiger charge is 1.81. The van der Waals surface area contributed by atoms with Crippen LogP contribution in [-0.2, 0) is 0 Å². The van der Waals surface area contributed by atoms with Gasteiger partial charge in [0, 0.05) is 0 Å². The van der Waals surface area contributed by atoms with E-state index in [9.17, 15) is 0 Å². The van der Waals surface area contributed by atoms with Crippen molar-refractivity contribution in [2.75, 3.05) is 14.1 Å². The molecule has 0 aliphatic rings. The van der Waals surface area contributed by atoms with E-state index in [1.54, 1.807) is 0 Å². The fourth-order valence-electron chi connectivity index (χ4n) is 0. The fourth-order valence-corrected chi connectivity index (χ4v) is 0. The average molecular weight is 117 g/mol. The second-order valence-electron chi connectivity index (χ2n) is 2.23. The van der Waals surface area contributed by atoms with Crippen LogP contribution in [0.2, 0.25) is 17.4 Å². The van der Waals surface area contributed by atoms with Gasteiger partial charge in [0.2, 0.25) is 0 Å². The molecule has 44 valence electrons. The Bertz CT molecular complexity index is 19.3. The van der Waals surface area contributed by atoms with Crippen molar-refractivity contribution in [3.8, 4) is 0 Å². The van der Waals surface area contributed by atoms with Crippen LogP contribution in [0.15, 0.2) is 0 Å². The Morgan fingerprint density at radius 2 is 1.00 bits per heavy atom. The predicted molar refractivity (Wildman–Crippen MR) is 38.3 cm³/mol. The Balaban J connectivity index is 0. The normalized spacial score (nSPS) is 6.43. The summed E-state index contributed by atoms with van der Waals surface area (Å²) in [5.74, 6) is 6.92. The van der Waals surface area contributed by atoms with E-state index in [2.05, 4.69) is 22.7 Å². The second kappa shape index (κ2) is 9.70. The molecule has 0 rings (SSSR count). The van der Waals surface area contributed by atoms with Gasteiger partial charge < -0.3 is 5.32 Å². The van der Waals surface area contributed by atoms with Gasteiger partial charge in [-0.2, -0.15) is 0 Å². The van der Waals surface area contributed by atoms with Crippen LogP contribution in [0.5, 0.6) is 0 Å². The molecule has 0 heterocycles. The van der Waals surface area contributed by atoms with Gasteiger partial charge in [0.1, 0.15) is 0 Å². The number of hydrogen-bond donors (Lipinski definition) is 1. The van der Waals surface area contributed by atoms with Crippen LogP contribution in [-0.4, -0.2) is 28.2 Å². The monoisotopic (exact) mass is 117 g/mol. The van der Waals surface area contributed by atoms with Crippen molar-refractivity contribution < 1.29 is 0 Å². The minimum absolute atomic E-state index is 0.139. The van der Waals surface area contributed by atoms with Crippen molar-refractivity contribution in [3.05, 3.63) is 0 Å². The molecule has 0 bridgehead atoms. The molecule has 0 amide bonds. The van der Waals surface area contributed by atoms with E-state index in [0.29, 0.717) is 0 Å². The quantitative estimate of drug-likeness (QED) is 0.470. The Kier molecular flexibility index (Phi) is 14.5. The van der Waals surface area contributed by atoms with Crippen molar-refractivity contribution in [2.45, 2.75) is 17.4 Å². The third-order valence-corrected chi connectivity index (χ3v) is 0. The molecule has 0 aromatic rings. The van der Waals surface area contributed by atoms with Crippen molar-refractivity contribution in [3.63, 3.8) is 0 Å². The van der Waals surface area contributed by atoms with Gasteiger partial charge in [-0.25, -0.2) is 0 Å². The summed E-state index contributed by atoms with van der Waals surface area (Å²) in [6.07, 6.45) is 0. The van der Waals surface area contributed by atoms with E-state index in [1.165, 1.54) is 0 Å². The highest BCUT2D eigenvalue weighted by atomic mass is 27.2. The van der Waals surface area contributed by atoms with Crippen LogP contribution in [0.3, 0.4) is 0 Å². The zero-order chi connectivity index (χ0) is 6.28. The largest absolute Gasteiger partial charge is 0.323 e. The van der Waals surface area contributed by atoms with E-state index in [-0.39, 0.29) is 14.1 Å². The van der Waals surface area contributed by atoms with E-state index >= 15 is 0 Å². The Morgan fingerprint density at radius 1 is 1.00 bits per heavy atom. The van der Waals surface area contributed by atoms with Gasteiger partial charge in [0.05, 0.1) is 0 Å². The maximum Gasteiger partial charge on any atom is 0.251 e. The Hall–Kier alpha value is 0.492. The van der Waals surface area contributed by atoms with Gasteiger partial charge in [-0.3, -0.25) is 0 Å². The number of hydrogen-bond acceptors (Lipinski definition) is 1. The summed E-state index contributed by atoms with van der Waals surface area (Å²) in [5.41, 5.74) is 0. The van der Waals surface area contributed by atoms with Crippen LogP contribution in [0, 0.1) is 0 Å². The smallest absolute Gasteiger partial charge is 0.251 e. The van der Waals surface area contributed by atoms with Crippen molar-refractivity contribution in [1.29, 1.82) is 0 Å². The van der Waals surface area contributed by atoms with Crippen LogP contribution in [0.25, 0.3) is 0 Å². The van der Waals surface area contributed by atoms with Gasteiger partial charge >= 0.3 is 0 Å². The van der Waals surface area contributed by atoms with Gasteiger partial charge in [0.25, 0.3) is 14.1 Å². The molecule has 0 aromatic carbocycles. The van der Waals surface area contributed by atoms with E-state index < -0.39 is 0 Å². The van der Waals surface area contributed by atoms with E-state index in [4.69, 9.17) is 0 Å². The molecule has 0 unspecified atom stereocenters. The zero-order valence-electron chi connectivity index (χ0n) is 6.08. The highest BCUT2D eigenvalue weighted by Crippen LogP contribution is 1.68. The van der Waals surface area contributed by atoms with Crippen molar-refractivity contribution in [2.24, 2.45) is 0 Å². The van der Waals surface area contributed by atoms with Gasteiger partial charge in [-0.05, 0) is 14.1 Å².